The fraction of sp³-hybridized carbons (Fsp3) is 0.364. The third-order valence-corrected chi connectivity index (χ3v) is 2.08. The molecule has 0 aliphatic carbocycles. The first kappa shape index (κ1) is 14.9. The number of benzene rings is 1. The van der Waals surface area contributed by atoms with Gasteiger partial charge in [0.15, 0.2) is 6.10 Å². The number of rotatable bonds is 3. The number of nitrogens with one attached hydrogen (secondary N) is 1. The molecule has 1 rings (SSSR count). The molecule has 3 nitrogen and oxygen atoms in total. The first-order chi connectivity index (χ1) is 7.06. The monoisotopic (exact) mass is 247 g/mol. The topological polar surface area (TPSA) is 53.3 Å². The summed E-state index contributed by atoms with van der Waals surface area (Å²) in [6.07, 6.45) is -1.19. The maximum absolute atomic E-state index is 12.9. The Labute approximate surface area is 100 Å². The molecule has 16 heavy (non-hydrogen) atoms. The molecule has 5 heteroatoms. The molecule has 0 bridgehead atoms. The molecule has 0 radical (unpaired) electrons. The Morgan fingerprint density at radius 3 is 2.75 bits per heavy atom. The van der Waals surface area contributed by atoms with Crippen molar-refractivity contribution >= 4 is 18.3 Å². The van der Waals surface area contributed by atoms with E-state index in [0.717, 1.165) is 5.56 Å². The molecule has 0 saturated heterocycles. The van der Waals surface area contributed by atoms with E-state index in [9.17, 15) is 9.50 Å². The van der Waals surface area contributed by atoms with Crippen LogP contribution in [0.5, 0.6) is 0 Å². The Morgan fingerprint density at radius 1 is 1.56 bits per heavy atom. The molecular weight excluding hydrogens is 233 g/mol. The van der Waals surface area contributed by atoms with E-state index in [0.29, 0.717) is 12.2 Å². The van der Waals surface area contributed by atoms with Gasteiger partial charge in [0, 0.05) is 0 Å². The van der Waals surface area contributed by atoms with Gasteiger partial charge in [-0.05, 0) is 37.1 Å². The third kappa shape index (κ3) is 3.47. The van der Waals surface area contributed by atoms with Gasteiger partial charge in [0.1, 0.15) is 5.82 Å². The highest BCUT2D eigenvalue weighted by Crippen LogP contribution is 2.20. The molecule has 1 unspecified atom stereocenters. The molecule has 0 aliphatic rings. The normalized spacial score (nSPS) is 11.5. The van der Waals surface area contributed by atoms with Crippen LogP contribution < -0.4 is 0 Å². The number of ether oxygens (including phenoxy) is 1. The molecule has 90 valence electrons. The summed E-state index contributed by atoms with van der Waals surface area (Å²) in [6.45, 7) is 3.78. The highest BCUT2D eigenvalue weighted by molar-refractivity contribution is 5.85. The van der Waals surface area contributed by atoms with Crippen molar-refractivity contribution in [1.82, 2.24) is 0 Å². The van der Waals surface area contributed by atoms with Gasteiger partial charge in [-0.15, -0.1) is 12.4 Å². The Morgan fingerprint density at radius 2 is 2.19 bits per heavy atom. The summed E-state index contributed by atoms with van der Waals surface area (Å²) in [5.74, 6) is -0.690. The van der Waals surface area contributed by atoms with E-state index in [1.807, 2.05) is 0 Å². The summed E-state index contributed by atoms with van der Waals surface area (Å²) in [6, 6.07) is 4.09. The summed E-state index contributed by atoms with van der Waals surface area (Å²) in [5.41, 5.74) is 1.10. The minimum absolute atomic E-state index is 0. The number of halogens is 2. The summed E-state index contributed by atoms with van der Waals surface area (Å²) in [7, 11) is 0. The van der Waals surface area contributed by atoms with Crippen molar-refractivity contribution in [1.29, 1.82) is 5.41 Å². The van der Waals surface area contributed by atoms with Crippen LogP contribution in [0.25, 0.3) is 0 Å². The molecule has 0 aromatic heterocycles. The van der Waals surface area contributed by atoms with Crippen molar-refractivity contribution in [2.24, 2.45) is 0 Å². The van der Waals surface area contributed by atoms with Gasteiger partial charge in [-0.3, -0.25) is 5.41 Å². The molecule has 1 aromatic rings. The van der Waals surface area contributed by atoms with Crippen LogP contribution in [0.3, 0.4) is 0 Å². The smallest absolute Gasteiger partial charge is 0.214 e. The number of hydrogen-bond donors (Lipinski definition) is 2. The zero-order valence-corrected chi connectivity index (χ0v) is 9.97. The molecule has 0 fully saturated rings. The van der Waals surface area contributed by atoms with Crippen LogP contribution in [0.15, 0.2) is 18.2 Å². The van der Waals surface area contributed by atoms with E-state index < -0.39 is 11.9 Å². The predicted molar refractivity (Wildman–Crippen MR) is 62.7 cm³/mol. The molecular formula is C11H15ClFNO2. The Kier molecular flexibility index (Phi) is 6.00. The van der Waals surface area contributed by atoms with Crippen LogP contribution in [0.2, 0.25) is 0 Å². The quantitative estimate of drug-likeness (QED) is 0.637. The summed E-state index contributed by atoms with van der Waals surface area (Å²) in [4.78, 5) is 0. The van der Waals surface area contributed by atoms with Crippen molar-refractivity contribution in [3.63, 3.8) is 0 Å². The second-order valence-corrected chi connectivity index (χ2v) is 3.20. The number of aliphatic hydroxyl groups excluding tert-OH is 1. The molecule has 0 aliphatic heterocycles. The maximum Gasteiger partial charge on any atom is 0.214 e. The van der Waals surface area contributed by atoms with Crippen molar-refractivity contribution in [3.05, 3.63) is 35.1 Å². The average Bonchev–Trinajstić information content (AvgIpc) is 2.21. The van der Waals surface area contributed by atoms with Crippen LogP contribution in [-0.4, -0.2) is 17.6 Å². The SMILES string of the molecule is CCOC(=N)C(O)c1cc(F)ccc1C.Cl. The van der Waals surface area contributed by atoms with Gasteiger partial charge < -0.3 is 9.84 Å². The molecule has 1 atom stereocenters. The fourth-order valence-corrected chi connectivity index (χ4v) is 1.28. The van der Waals surface area contributed by atoms with Gasteiger partial charge in [0.05, 0.1) is 6.61 Å². The second-order valence-electron chi connectivity index (χ2n) is 3.20. The van der Waals surface area contributed by atoms with Gasteiger partial charge in [-0.25, -0.2) is 4.39 Å². The van der Waals surface area contributed by atoms with E-state index >= 15 is 0 Å². The van der Waals surface area contributed by atoms with Crippen molar-refractivity contribution in [2.45, 2.75) is 20.0 Å². The fourth-order valence-electron chi connectivity index (χ4n) is 1.28. The molecule has 2 N–H and O–H groups in total. The van der Waals surface area contributed by atoms with Gasteiger partial charge in [-0.1, -0.05) is 6.07 Å². The number of aliphatic hydroxyl groups is 1. The minimum atomic E-state index is -1.19. The lowest BCUT2D eigenvalue weighted by Crippen LogP contribution is -2.15. The lowest BCUT2D eigenvalue weighted by Gasteiger charge is -2.14. The third-order valence-electron chi connectivity index (χ3n) is 2.08. The maximum atomic E-state index is 12.9. The van der Waals surface area contributed by atoms with E-state index in [-0.39, 0.29) is 18.3 Å². The highest BCUT2D eigenvalue weighted by atomic mass is 35.5. The number of aryl methyl sites for hydroxylation is 1. The average molecular weight is 248 g/mol. The van der Waals surface area contributed by atoms with Crippen LogP contribution in [0, 0.1) is 18.2 Å². The summed E-state index contributed by atoms with van der Waals surface area (Å²) >= 11 is 0. The highest BCUT2D eigenvalue weighted by Gasteiger charge is 2.17. The first-order valence-electron chi connectivity index (χ1n) is 4.71. The standard InChI is InChI=1S/C11H14FNO2.ClH/c1-3-15-11(13)10(14)9-6-8(12)5-4-7(9)2;/h4-6,10,13-14H,3H2,1-2H3;1H. The Hall–Kier alpha value is -1.13. The minimum Gasteiger partial charge on any atom is -0.479 e. The molecule has 0 amide bonds. The van der Waals surface area contributed by atoms with E-state index in [2.05, 4.69) is 0 Å². The molecule has 0 saturated carbocycles. The van der Waals surface area contributed by atoms with Crippen LogP contribution in [0.4, 0.5) is 4.39 Å². The van der Waals surface area contributed by atoms with E-state index in [4.69, 9.17) is 10.1 Å². The summed E-state index contributed by atoms with van der Waals surface area (Å²) < 4.78 is 17.8. The van der Waals surface area contributed by atoms with Crippen molar-refractivity contribution in [2.75, 3.05) is 6.61 Å². The van der Waals surface area contributed by atoms with Gasteiger partial charge >= 0.3 is 0 Å². The second kappa shape index (κ2) is 6.45. The van der Waals surface area contributed by atoms with E-state index in [1.54, 1.807) is 19.9 Å². The Balaban J connectivity index is 0.00000225. The van der Waals surface area contributed by atoms with Crippen LogP contribution in [-0.2, 0) is 4.74 Å². The lowest BCUT2D eigenvalue weighted by atomic mass is 10.0. The first-order valence-corrected chi connectivity index (χ1v) is 4.71. The molecule has 0 spiro atoms. The molecule has 1 aromatic carbocycles. The van der Waals surface area contributed by atoms with Gasteiger partial charge in [0.25, 0.3) is 0 Å². The van der Waals surface area contributed by atoms with Crippen molar-refractivity contribution in [3.8, 4) is 0 Å². The van der Waals surface area contributed by atoms with Gasteiger partial charge in [0.2, 0.25) is 5.90 Å². The van der Waals surface area contributed by atoms with E-state index in [1.165, 1.54) is 12.1 Å². The predicted octanol–water partition coefficient (Wildman–Crippen LogP) is 2.60. The molecule has 0 heterocycles. The zero-order chi connectivity index (χ0) is 11.4. The summed E-state index contributed by atoms with van der Waals surface area (Å²) in [5, 5.41) is 17.1. The van der Waals surface area contributed by atoms with Gasteiger partial charge in [-0.2, -0.15) is 0 Å². The zero-order valence-electron chi connectivity index (χ0n) is 9.16. The van der Waals surface area contributed by atoms with Crippen LogP contribution in [0.1, 0.15) is 24.2 Å². The van der Waals surface area contributed by atoms with Crippen LogP contribution >= 0.6 is 12.4 Å². The lowest BCUT2D eigenvalue weighted by molar-refractivity contribution is 0.189. The number of hydrogen-bond acceptors (Lipinski definition) is 3. The largest absolute Gasteiger partial charge is 0.479 e. The Bertz CT molecular complexity index is 371. The van der Waals surface area contributed by atoms with Crippen molar-refractivity contribution < 1.29 is 14.2 Å².